The fraction of sp³-hybridized carbons (Fsp3) is 0.333. The normalized spacial score (nSPS) is 11.7. The molecule has 1 aromatic heterocycles. The molecule has 0 unspecified atom stereocenters. The van der Waals surface area contributed by atoms with Crippen LogP contribution in [0.4, 0.5) is 22.0 Å². The van der Waals surface area contributed by atoms with Crippen LogP contribution in [-0.2, 0) is 0 Å². The van der Waals surface area contributed by atoms with Crippen molar-refractivity contribution in [1.82, 2.24) is 4.98 Å². The van der Waals surface area contributed by atoms with Crippen molar-refractivity contribution in [3.05, 3.63) is 23.0 Å². The Morgan fingerprint density at radius 2 is 2.00 bits per heavy atom. The van der Waals surface area contributed by atoms with E-state index in [0.717, 1.165) is 6.07 Å². The number of aromatic nitrogens is 1. The van der Waals surface area contributed by atoms with Crippen LogP contribution in [0.5, 0.6) is 5.75 Å². The molecule has 0 bridgehead atoms. The molecule has 0 fully saturated rings. The zero-order chi connectivity index (χ0) is 14.1. The number of alkyl halides is 5. The molecule has 0 aromatic carbocycles. The minimum absolute atomic E-state index is 0.155. The molecule has 100 valence electrons. The first-order valence-electron chi connectivity index (χ1n) is 4.40. The Bertz CT molecular complexity index is 472. The van der Waals surface area contributed by atoms with Crippen LogP contribution in [0, 0.1) is 6.92 Å². The highest BCUT2D eigenvalue weighted by Gasteiger charge is 2.36. The number of nitrogens with zero attached hydrogens (tertiary/aromatic N) is 1. The van der Waals surface area contributed by atoms with Gasteiger partial charge in [0.2, 0.25) is 0 Å². The quantitative estimate of drug-likeness (QED) is 0.859. The summed E-state index contributed by atoms with van der Waals surface area (Å²) in [5.74, 6) is -3.31. The van der Waals surface area contributed by atoms with Crippen LogP contribution in [0.2, 0.25) is 0 Å². The van der Waals surface area contributed by atoms with Crippen molar-refractivity contribution in [2.24, 2.45) is 0 Å². The van der Waals surface area contributed by atoms with E-state index in [1.54, 1.807) is 0 Å². The maximum Gasteiger partial charge on any atom is 0.573 e. The fourth-order valence-electron chi connectivity index (χ4n) is 1.22. The number of hydrogen-bond acceptors (Lipinski definition) is 3. The molecule has 1 aromatic rings. The third-order valence-electron chi connectivity index (χ3n) is 1.78. The van der Waals surface area contributed by atoms with Gasteiger partial charge in [0.05, 0.1) is 0 Å². The van der Waals surface area contributed by atoms with Gasteiger partial charge in [-0.1, -0.05) is 0 Å². The van der Waals surface area contributed by atoms with Gasteiger partial charge in [-0.2, -0.15) is 0 Å². The van der Waals surface area contributed by atoms with Crippen LogP contribution >= 0.6 is 0 Å². The van der Waals surface area contributed by atoms with Gasteiger partial charge in [-0.25, -0.2) is 18.6 Å². The van der Waals surface area contributed by atoms with Crippen molar-refractivity contribution in [2.45, 2.75) is 19.7 Å². The zero-order valence-electron chi connectivity index (χ0n) is 8.76. The SMILES string of the molecule is Cc1cc(C(=O)O)c(OC(F)(F)F)c(C(F)F)n1. The summed E-state index contributed by atoms with van der Waals surface area (Å²) in [6.45, 7) is 1.18. The summed E-state index contributed by atoms with van der Waals surface area (Å²) in [5, 5.41) is 8.67. The van der Waals surface area contributed by atoms with Gasteiger partial charge in [-0.3, -0.25) is 0 Å². The Morgan fingerprint density at radius 1 is 1.44 bits per heavy atom. The predicted octanol–water partition coefficient (Wildman–Crippen LogP) is 2.92. The number of hydrogen-bond donors (Lipinski definition) is 1. The molecular formula is C9H6F5NO3. The smallest absolute Gasteiger partial charge is 0.478 e. The lowest BCUT2D eigenvalue weighted by Crippen LogP contribution is -2.21. The van der Waals surface area contributed by atoms with Gasteiger partial charge in [-0.15, -0.1) is 13.2 Å². The minimum atomic E-state index is -5.29. The van der Waals surface area contributed by atoms with E-state index >= 15 is 0 Å². The second kappa shape index (κ2) is 4.75. The Morgan fingerprint density at radius 3 is 2.39 bits per heavy atom. The zero-order valence-corrected chi connectivity index (χ0v) is 8.76. The first-order valence-corrected chi connectivity index (χ1v) is 4.40. The van der Waals surface area contributed by atoms with Gasteiger partial charge in [-0.05, 0) is 13.0 Å². The molecule has 0 atom stereocenters. The molecule has 0 amide bonds. The number of carboxylic acids is 1. The maximum absolute atomic E-state index is 12.5. The molecule has 0 radical (unpaired) electrons. The number of aromatic carboxylic acids is 1. The van der Waals surface area contributed by atoms with E-state index in [2.05, 4.69) is 9.72 Å². The van der Waals surface area contributed by atoms with Crippen molar-refractivity contribution in [3.8, 4) is 5.75 Å². The van der Waals surface area contributed by atoms with Crippen LogP contribution in [0.15, 0.2) is 6.07 Å². The molecule has 0 aliphatic carbocycles. The molecular weight excluding hydrogens is 265 g/mol. The van der Waals surface area contributed by atoms with E-state index in [1.807, 2.05) is 0 Å². The van der Waals surface area contributed by atoms with E-state index in [-0.39, 0.29) is 5.69 Å². The highest BCUT2D eigenvalue weighted by molar-refractivity contribution is 5.91. The summed E-state index contributed by atoms with van der Waals surface area (Å²) in [6.07, 6.45) is -8.68. The Labute approximate surface area is 97.0 Å². The highest BCUT2D eigenvalue weighted by Crippen LogP contribution is 2.35. The molecule has 4 nitrogen and oxygen atoms in total. The third-order valence-corrected chi connectivity index (χ3v) is 1.78. The average Bonchev–Trinajstić information content (AvgIpc) is 2.17. The molecule has 9 heteroatoms. The number of aryl methyl sites for hydroxylation is 1. The van der Waals surface area contributed by atoms with Crippen molar-refractivity contribution < 1.29 is 36.6 Å². The number of pyridine rings is 1. The van der Waals surface area contributed by atoms with Gasteiger partial charge >= 0.3 is 12.3 Å². The Hall–Kier alpha value is -1.93. The molecule has 1 N–H and O–H groups in total. The fourth-order valence-corrected chi connectivity index (χ4v) is 1.22. The van der Waals surface area contributed by atoms with Gasteiger partial charge < -0.3 is 9.84 Å². The Kier molecular flexibility index (Phi) is 3.73. The van der Waals surface area contributed by atoms with Gasteiger partial charge in [0.1, 0.15) is 11.3 Å². The molecule has 0 spiro atoms. The number of rotatable bonds is 3. The third kappa shape index (κ3) is 3.28. The van der Waals surface area contributed by atoms with Crippen LogP contribution in [0.25, 0.3) is 0 Å². The number of ether oxygens (including phenoxy) is 1. The molecule has 18 heavy (non-hydrogen) atoms. The molecule has 0 saturated carbocycles. The van der Waals surface area contributed by atoms with Crippen molar-refractivity contribution in [1.29, 1.82) is 0 Å². The molecule has 0 aliphatic rings. The largest absolute Gasteiger partial charge is 0.573 e. The second-order valence-electron chi connectivity index (χ2n) is 3.18. The van der Waals surface area contributed by atoms with Crippen LogP contribution < -0.4 is 4.74 Å². The minimum Gasteiger partial charge on any atom is -0.478 e. The van der Waals surface area contributed by atoms with E-state index in [9.17, 15) is 26.7 Å². The second-order valence-corrected chi connectivity index (χ2v) is 3.18. The average molecular weight is 271 g/mol. The van der Waals surface area contributed by atoms with Gasteiger partial charge in [0, 0.05) is 5.69 Å². The number of halogens is 5. The maximum atomic E-state index is 12.5. The lowest BCUT2D eigenvalue weighted by Gasteiger charge is -2.15. The summed E-state index contributed by atoms with van der Waals surface area (Å²) < 4.78 is 64.5. The van der Waals surface area contributed by atoms with Crippen LogP contribution in [0.3, 0.4) is 0 Å². The summed E-state index contributed by atoms with van der Waals surface area (Å²) in [6, 6.07) is 0.718. The first kappa shape index (κ1) is 14.1. The molecule has 0 aliphatic heterocycles. The van der Waals surface area contributed by atoms with E-state index in [1.165, 1.54) is 6.92 Å². The predicted molar refractivity (Wildman–Crippen MR) is 47.6 cm³/mol. The van der Waals surface area contributed by atoms with Gasteiger partial charge in [0.25, 0.3) is 6.43 Å². The van der Waals surface area contributed by atoms with E-state index in [0.29, 0.717) is 0 Å². The van der Waals surface area contributed by atoms with E-state index in [4.69, 9.17) is 5.11 Å². The summed E-state index contributed by atoms with van der Waals surface area (Å²) in [5.41, 5.74) is -2.53. The monoisotopic (exact) mass is 271 g/mol. The first-order chi connectivity index (χ1) is 8.11. The molecule has 0 saturated heterocycles. The highest BCUT2D eigenvalue weighted by atomic mass is 19.4. The van der Waals surface area contributed by atoms with Crippen LogP contribution in [-0.4, -0.2) is 22.4 Å². The number of carboxylic acid groups (broad SMARTS) is 1. The standard InChI is InChI=1S/C9H6F5NO3/c1-3-2-4(8(16)17)6(18-9(12,13)14)5(15-3)7(10)11/h2,7H,1H3,(H,16,17). The van der Waals surface area contributed by atoms with Crippen molar-refractivity contribution >= 4 is 5.97 Å². The Balaban J connectivity index is 3.46. The molecule has 1 heterocycles. The lowest BCUT2D eigenvalue weighted by molar-refractivity contribution is -0.275. The van der Waals surface area contributed by atoms with Crippen LogP contribution in [0.1, 0.15) is 28.2 Å². The van der Waals surface area contributed by atoms with E-state index < -0.39 is 35.8 Å². The summed E-state index contributed by atoms with van der Waals surface area (Å²) >= 11 is 0. The van der Waals surface area contributed by atoms with Crippen molar-refractivity contribution in [2.75, 3.05) is 0 Å². The number of carbonyl (C=O) groups is 1. The topological polar surface area (TPSA) is 59.4 Å². The summed E-state index contributed by atoms with van der Waals surface area (Å²) in [4.78, 5) is 13.9. The van der Waals surface area contributed by atoms with Gasteiger partial charge in [0.15, 0.2) is 5.75 Å². The summed E-state index contributed by atoms with van der Waals surface area (Å²) in [7, 11) is 0. The van der Waals surface area contributed by atoms with Crippen molar-refractivity contribution in [3.63, 3.8) is 0 Å². The lowest BCUT2D eigenvalue weighted by atomic mass is 10.1. The molecule has 1 rings (SSSR count).